The van der Waals surface area contributed by atoms with E-state index in [0.717, 1.165) is 18.5 Å². The summed E-state index contributed by atoms with van der Waals surface area (Å²) in [6, 6.07) is 0. The SMILES string of the molecule is CCC1CC1(O)c1cn(C)cn1. The molecular weight excluding hydrogens is 152 g/mol. The lowest BCUT2D eigenvalue weighted by Gasteiger charge is -2.04. The van der Waals surface area contributed by atoms with Gasteiger partial charge in [0.1, 0.15) is 5.60 Å². The van der Waals surface area contributed by atoms with Crippen molar-refractivity contribution < 1.29 is 5.11 Å². The van der Waals surface area contributed by atoms with E-state index in [2.05, 4.69) is 11.9 Å². The highest BCUT2D eigenvalue weighted by Gasteiger charge is 2.54. The fourth-order valence-corrected chi connectivity index (χ4v) is 1.75. The van der Waals surface area contributed by atoms with Gasteiger partial charge in [-0.2, -0.15) is 0 Å². The molecule has 0 saturated heterocycles. The van der Waals surface area contributed by atoms with Crippen LogP contribution in [-0.2, 0) is 12.6 Å². The molecule has 1 saturated carbocycles. The molecule has 0 bridgehead atoms. The van der Waals surface area contributed by atoms with Gasteiger partial charge in [0.05, 0.1) is 12.0 Å². The van der Waals surface area contributed by atoms with Crippen molar-refractivity contribution in [1.82, 2.24) is 9.55 Å². The van der Waals surface area contributed by atoms with Gasteiger partial charge in [-0.05, 0) is 12.3 Å². The summed E-state index contributed by atoms with van der Waals surface area (Å²) < 4.78 is 1.87. The van der Waals surface area contributed by atoms with E-state index in [1.54, 1.807) is 6.33 Å². The van der Waals surface area contributed by atoms with Crippen molar-refractivity contribution in [1.29, 1.82) is 0 Å². The third-order valence-electron chi connectivity index (χ3n) is 2.71. The Morgan fingerprint density at radius 3 is 3.00 bits per heavy atom. The van der Waals surface area contributed by atoms with Crippen molar-refractivity contribution in [3.05, 3.63) is 18.2 Å². The number of hydrogen-bond donors (Lipinski definition) is 1. The van der Waals surface area contributed by atoms with Crippen LogP contribution in [0.4, 0.5) is 0 Å². The van der Waals surface area contributed by atoms with Crippen LogP contribution < -0.4 is 0 Å². The maximum atomic E-state index is 10.00. The third-order valence-corrected chi connectivity index (χ3v) is 2.71. The molecule has 3 heteroatoms. The molecule has 2 unspecified atom stereocenters. The second-order valence-corrected chi connectivity index (χ2v) is 3.66. The van der Waals surface area contributed by atoms with Gasteiger partial charge in [0.2, 0.25) is 0 Å². The van der Waals surface area contributed by atoms with Crippen molar-refractivity contribution in [2.75, 3.05) is 0 Å². The summed E-state index contributed by atoms with van der Waals surface area (Å²) in [6.07, 6.45) is 5.54. The van der Waals surface area contributed by atoms with Gasteiger partial charge in [-0.15, -0.1) is 0 Å². The topological polar surface area (TPSA) is 38.0 Å². The summed E-state index contributed by atoms with van der Waals surface area (Å²) in [5.41, 5.74) is 0.229. The number of nitrogens with zero attached hydrogens (tertiary/aromatic N) is 2. The summed E-state index contributed by atoms with van der Waals surface area (Å²) in [5.74, 6) is 0.424. The van der Waals surface area contributed by atoms with Crippen LogP contribution in [0.2, 0.25) is 0 Å². The lowest BCUT2D eigenvalue weighted by atomic mass is 10.1. The summed E-state index contributed by atoms with van der Waals surface area (Å²) >= 11 is 0. The molecule has 1 N–H and O–H groups in total. The lowest BCUT2D eigenvalue weighted by Crippen LogP contribution is -2.08. The summed E-state index contributed by atoms with van der Waals surface area (Å²) in [5, 5.41) is 10.00. The standard InChI is InChI=1S/C9H14N2O/c1-3-7-4-9(7,12)8-5-11(2)6-10-8/h5-7,12H,3-4H2,1-2H3. The lowest BCUT2D eigenvalue weighted by molar-refractivity contribution is 0.126. The molecule has 2 atom stereocenters. The normalized spacial score (nSPS) is 33.8. The molecule has 3 nitrogen and oxygen atoms in total. The zero-order chi connectivity index (χ0) is 8.77. The maximum absolute atomic E-state index is 10.00. The summed E-state index contributed by atoms with van der Waals surface area (Å²) in [6.45, 7) is 2.10. The minimum Gasteiger partial charge on any atom is -0.383 e. The molecule has 0 aliphatic heterocycles. The van der Waals surface area contributed by atoms with E-state index >= 15 is 0 Å². The average molecular weight is 166 g/mol. The molecule has 0 radical (unpaired) electrons. The zero-order valence-electron chi connectivity index (χ0n) is 7.49. The van der Waals surface area contributed by atoms with Gasteiger partial charge in [-0.3, -0.25) is 0 Å². The predicted octanol–water partition coefficient (Wildman–Crippen LogP) is 1.04. The zero-order valence-corrected chi connectivity index (χ0v) is 7.49. The number of rotatable bonds is 2. The molecule has 1 heterocycles. The highest BCUT2D eigenvalue weighted by atomic mass is 16.3. The molecule has 12 heavy (non-hydrogen) atoms. The minimum absolute atomic E-state index is 0.424. The Bertz CT molecular complexity index is 294. The second-order valence-electron chi connectivity index (χ2n) is 3.66. The molecule has 1 aromatic rings. The van der Waals surface area contributed by atoms with Crippen LogP contribution in [0.5, 0.6) is 0 Å². The number of hydrogen-bond acceptors (Lipinski definition) is 2. The van der Waals surface area contributed by atoms with Gasteiger partial charge in [-0.1, -0.05) is 13.3 Å². The van der Waals surface area contributed by atoms with E-state index in [9.17, 15) is 5.11 Å². The number of imidazole rings is 1. The van der Waals surface area contributed by atoms with Crippen LogP contribution in [0, 0.1) is 5.92 Å². The molecule has 1 aliphatic carbocycles. The van der Waals surface area contributed by atoms with E-state index in [0.29, 0.717) is 5.92 Å². The van der Waals surface area contributed by atoms with Crippen LogP contribution in [-0.4, -0.2) is 14.7 Å². The van der Waals surface area contributed by atoms with Crippen molar-refractivity contribution in [2.45, 2.75) is 25.4 Å². The first-order valence-corrected chi connectivity index (χ1v) is 4.37. The van der Waals surface area contributed by atoms with Crippen LogP contribution >= 0.6 is 0 Å². The van der Waals surface area contributed by atoms with Gasteiger partial charge in [0, 0.05) is 13.2 Å². The van der Waals surface area contributed by atoms with Gasteiger partial charge in [0.25, 0.3) is 0 Å². The summed E-state index contributed by atoms with van der Waals surface area (Å²) in [7, 11) is 1.92. The molecule has 0 aromatic carbocycles. The number of aryl methyl sites for hydroxylation is 1. The van der Waals surface area contributed by atoms with Crippen molar-refractivity contribution in [3.8, 4) is 0 Å². The average Bonchev–Trinajstić information content (AvgIpc) is 2.50. The van der Waals surface area contributed by atoms with Gasteiger partial charge in [0.15, 0.2) is 0 Å². The molecular formula is C9H14N2O. The van der Waals surface area contributed by atoms with Gasteiger partial charge < -0.3 is 9.67 Å². The first-order valence-electron chi connectivity index (χ1n) is 4.37. The number of aromatic nitrogens is 2. The third kappa shape index (κ3) is 0.966. The van der Waals surface area contributed by atoms with Crippen LogP contribution in [0.1, 0.15) is 25.5 Å². The van der Waals surface area contributed by atoms with E-state index in [1.165, 1.54) is 0 Å². The molecule has 2 rings (SSSR count). The Morgan fingerprint density at radius 1 is 1.83 bits per heavy atom. The highest BCUT2D eigenvalue weighted by molar-refractivity contribution is 5.20. The maximum Gasteiger partial charge on any atom is 0.111 e. The Labute approximate surface area is 72.0 Å². The van der Waals surface area contributed by atoms with E-state index < -0.39 is 5.60 Å². The highest BCUT2D eigenvalue weighted by Crippen LogP contribution is 2.52. The molecule has 1 aromatic heterocycles. The van der Waals surface area contributed by atoms with Gasteiger partial charge in [-0.25, -0.2) is 4.98 Å². The Morgan fingerprint density at radius 2 is 2.58 bits per heavy atom. The van der Waals surface area contributed by atoms with Crippen molar-refractivity contribution in [3.63, 3.8) is 0 Å². The minimum atomic E-state index is -0.601. The molecule has 1 fully saturated rings. The quantitative estimate of drug-likeness (QED) is 0.712. The first-order chi connectivity index (χ1) is 5.66. The fourth-order valence-electron chi connectivity index (χ4n) is 1.75. The smallest absolute Gasteiger partial charge is 0.111 e. The van der Waals surface area contributed by atoms with Crippen LogP contribution in [0.15, 0.2) is 12.5 Å². The van der Waals surface area contributed by atoms with E-state index in [-0.39, 0.29) is 0 Å². The van der Waals surface area contributed by atoms with E-state index in [4.69, 9.17) is 0 Å². The van der Waals surface area contributed by atoms with Crippen molar-refractivity contribution >= 4 is 0 Å². The van der Waals surface area contributed by atoms with Crippen LogP contribution in [0.3, 0.4) is 0 Å². The molecule has 0 amide bonds. The monoisotopic (exact) mass is 166 g/mol. The first kappa shape index (κ1) is 7.80. The van der Waals surface area contributed by atoms with Crippen LogP contribution in [0.25, 0.3) is 0 Å². The Hall–Kier alpha value is -0.830. The molecule has 1 aliphatic rings. The number of aliphatic hydroxyl groups is 1. The summed E-state index contributed by atoms with van der Waals surface area (Å²) in [4.78, 5) is 4.16. The molecule has 66 valence electrons. The fraction of sp³-hybridized carbons (Fsp3) is 0.667. The Kier molecular flexibility index (Phi) is 1.51. The molecule has 0 spiro atoms. The van der Waals surface area contributed by atoms with E-state index in [1.807, 2.05) is 17.8 Å². The largest absolute Gasteiger partial charge is 0.383 e. The van der Waals surface area contributed by atoms with Gasteiger partial charge >= 0.3 is 0 Å². The Balaban J connectivity index is 2.22. The second kappa shape index (κ2) is 2.33. The van der Waals surface area contributed by atoms with Crippen molar-refractivity contribution in [2.24, 2.45) is 13.0 Å². The predicted molar refractivity (Wildman–Crippen MR) is 45.5 cm³/mol.